The highest BCUT2D eigenvalue weighted by atomic mass is 19.4. The van der Waals surface area contributed by atoms with Crippen LogP contribution in [0.3, 0.4) is 0 Å². The molecular formula is C24H30F3N5O4. The van der Waals surface area contributed by atoms with Gasteiger partial charge in [0.15, 0.2) is 5.69 Å². The number of carbonyl (C=O) groups is 2. The van der Waals surface area contributed by atoms with Gasteiger partial charge in [0.25, 0.3) is 6.01 Å². The molecule has 2 fully saturated rings. The van der Waals surface area contributed by atoms with Crippen LogP contribution in [0.1, 0.15) is 48.5 Å². The van der Waals surface area contributed by atoms with Crippen molar-refractivity contribution in [3.05, 3.63) is 35.3 Å². The maximum atomic E-state index is 13.6. The molecule has 1 amide bonds. The fraction of sp³-hybridized carbons (Fsp3) is 0.583. The lowest BCUT2D eigenvalue weighted by Gasteiger charge is -2.34. The average Bonchev–Trinajstić information content (AvgIpc) is 3.32. The van der Waals surface area contributed by atoms with Crippen LogP contribution in [0.5, 0.6) is 0 Å². The normalized spacial score (nSPS) is 18.9. The number of rotatable bonds is 6. The van der Waals surface area contributed by atoms with Crippen LogP contribution in [-0.4, -0.2) is 72.6 Å². The Labute approximate surface area is 207 Å². The van der Waals surface area contributed by atoms with E-state index in [9.17, 15) is 22.8 Å². The van der Waals surface area contributed by atoms with E-state index >= 15 is 0 Å². The second kappa shape index (κ2) is 10.8. The van der Waals surface area contributed by atoms with Crippen LogP contribution >= 0.6 is 0 Å². The first kappa shape index (κ1) is 25.8. The third-order valence-corrected chi connectivity index (χ3v) is 6.37. The Hall–Kier alpha value is -3.31. The molecular weight excluding hydrogens is 479 g/mol. The van der Waals surface area contributed by atoms with Gasteiger partial charge in [0.1, 0.15) is 5.82 Å². The van der Waals surface area contributed by atoms with Gasteiger partial charge in [-0.05, 0) is 37.3 Å². The maximum Gasteiger partial charge on any atom is 0.437 e. The number of Topliss-reactive ketones (excluding diaryl/α,β-unsaturated/α-hetero) is 1. The highest BCUT2D eigenvalue weighted by Crippen LogP contribution is 2.35. The molecule has 2 aliphatic rings. The Bertz CT molecular complexity index is 1060. The molecule has 1 unspecified atom stereocenters. The number of ketones is 1. The van der Waals surface area contributed by atoms with Crippen molar-refractivity contribution in [3.63, 3.8) is 0 Å². The predicted molar refractivity (Wildman–Crippen MR) is 125 cm³/mol. The van der Waals surface area contributed by atoms with E-state index in [1.165, 1.54) is 6.20 Å². The van der Waals surface area contributed by atoms with Crippen molar-refractivity contribution in [3.8, 4) is 0 Å². The number of ether oxygens (including phenoxy) is 1. The van der Waals surface area contributed by atoms with E-state index in [1.807, 2.05) is 11.8 Å². The first-order valence-corrected chi connectivity index (χ1v) is 12.1. The molecule has 0 N–H and O–H groups in total. The monoisotopic (exact) mass is 509 g/mol. The van der Waals surface area contributed by atoms with Crippen molar-refractivity contribution >= 4 is 23.7 Å². The first-order chi connectivity index (χ1) is 17.2. The summed E-state index contributed by atoms with van der Waals surface area (Å²) in [6, 6.07) is 3.22. The Balaban J connectivity index is 1.42. The van der Waals surface area contributed by atoms with Gasteiger partial charge >= 0.3 is 12.3 Å². The number of hydrogen-bond acceptors (Lipinski definition) is 8. The summed E-state index contributed by atoms with van der Waals surface area (Å²) in [5.74, 6) is -0.609. The molecule has 196 valence electrons. The summed E-state index contributed by atoms with van der Waals surface area (Å²) in [5, 5.41) is 0. The number of piperazine rings is 1. The molecule has 2 aromatic heterocycles. The minimum absolute atomic E-state index is 0.160. The fourth-order valence-electron chi connectivity index (χ4n) is 4.50. The number of nitrogens with zero attached hydrogens (tertiary/aromatic N) is 5. The highest BCUT2D eigenvalue weighted by Gasteiger charge is 2.42. The number of hydrogen-bond donors (Lipinski definition) is 0. The summed E-state index contributed by atoms with van der Waals surface area (Å²) in [4.78, 5) is 38.0. The minimum Gasteiger partial charge on any atom is -0.450 e. The quantitative estimate of drug-likeness (QED) is 0.539. The van der Waals surface area contributed by atoms with Gasteiger partial charge in [0.05, 0.1) is 6.61 Å². The number of halogens is 3. The SMILES string of the molecule is CCOC(=O)N1CCN(c2ccc(CC(=O)c3oc(N4CCCC(C)C4)nc3C(F)(F)F)cn2)CC1. The van der Waals surface area contributed by atoms with Crippen molar-refractivity contribution in [2.75, 3.05) is 55.7 Å². The smallest absolute Gasteiger partial charge is 0.437 e. The molecule has 0 bridgehead atoms. The van der Waals surface area contributed by atoms with Crippen LogP contribution in [0.25, 0.3) is 0 Å². The van der Waals surface area contributed by atoms with Gasteiger partial charge in [0.2, 0.25) is 11.5 Å². The maximum absolute atomic E-state index is 13.6. The van der Waals surface area contributed by atoms with E-state index in [4.69, 9.17) is 9.15 Å². The lowest BCUT2D eigenvalue weighted by Crippen LogP contribution is -2.49. The molecule has 1 atom stereocenters. The molecule has 0 aliphatic carbocycles. The lowest BCUT2D eigenvalue weighted by atomic mass is 10.0. The number of carbonyl (C=O) groups excluding carboxylic acids is 2. The highest BCUT2D eigenvalue weighted by molar-refractivity contribution is 5.96. The van der Waals surface area contributed by atoms with Crippen molar-refractivity contribution < 1.29 is 31.9 Å². The molecule has 0 radical (unpaired) electrons. The predicted octanol–water partition coefficient (Wildman–Crippen LogP) is 4.03. The molecule has 2 saturated heterocycles. The number of piperidine rings is 1. The van der Waals surface area contributed by atoms with E-state index in [-0.39, 0.29) is 18.5 Å². The molecule has 9 nitrogen and oxygen atoms in total. The summed E-state index contributed by atoms with van der Waals surface area (Å²) in [6.45, 7) is 7.27. The molecule has 0 aromatic carbocycles. The first-order valence-electron chi connectivity index (χ1n) is 12.1. The molecule has 12 heteroatoms. The van der Waals surface area contributed by atoms with Gasteiger partial charge < -0.3 is 23.9 Å². The van der Waals surface area contributed by atoms with Crippen molar-refractivity contribution in [2.45, 2.75) is 39.3 Å². The van der Waals surface area contributed by atoms with Crippen LogP contribution in [0.4, 0.5) is 29.8 Å². The molecule has 2 aliphatic heterocycles. The van der Waals surface area contributed by atoms with Crippen molar-refractivity contribution in [1.29, 1.82) is 0 Å². The van der Waals surface area contributed by atoms with Gasteiger partial charge in [-0.2, -0.15) is 18.2 Å². The molecule has 36 heavy (non-hydrogen) atoms. The summed E-state index contributed by atoms with van der Waals surface area (Å²) < 4.78 is 51.3. The van der Waals surface area contributed by atoms with Crippen LogP contribution < -0.4 is 9.80 Å². The summed E-state index contributed by atoms with van der Waals surface area (Å²) in [7, 11) is 0. The minimum atomic E-state index is -4.80. The zero-order valence-electron chi connectivity index (χ0n) is 20.4. The van der Waals surface area contributed by atoms with Gasteiger partial charge in [-0.25, -0.2) is 9.78 Å². The van der Waals surface area contributed by atoms with Crippen molar-refractivity contribution in [1.82, 2.24) is 14.9 Å². The molecule has 4 heterocycles. The van der Waals surface area contributed by atoms with Crippen molar-refractivity contribution in [2.24, 2.45) is 5.92 Å². The number of alkyl halides is 3. The number of pyridine rings is 1. The van der Waals surface area contributed by atoms with Crippen LogP contribution in [0, 0.1) is 5.92 Å². The van der Waals surface area contributed by atoms with Gasteiger partial charge in [-0.3, -0.25) is 4.79 Å². The van der Waals surface area contributed by atoms with Crippen LogP contribution in [-0.2, 0) is 17.3 Å². The van der Waals surface area contributed by atoms with Gasteiger partial charge in [0, 0.05) is 51.9 Å². The Kier molecular flexibility index (Phi) is 7.70. The molecule has 2 aromatic rings. The van der Waals surface area contributed by atoms with E-state index in [2.05, 4.69) is 9.97 Å². The van der Waals surface area contributed by atoms with E-state index in [1.54, 1.807) is 28.9 Å². The number of anilines is 2. The third kappa shape index (κ3) is 5.90. The molecule has 0 spiro atoms. The Morgan fingerprint density at radius 3 is 2.50 bits per heavy atom. The van der Waals surface area contributed by atoms with E-state index in [0.29, 0.717) is 63.2 Å². The second-order valence-corrected chi connectivity index (χ2v) is 9.16. The molecule has 4 rings (SSSR count). The Morgan fingerprint density at radius 1 is 1.14 bits per heavy atom. The zero-order chi connectivity index (χ0) is 25.9. The number of amides is 1. The summed E-state index contributed by atoms with van der Waals surface area (Å²) >= 11 is 0. The number of oxazole rings is 1. The summed E-state index contributed by atoms with van der Waals surface area (Å²) in [5.41, 5.74) is -0.823. The van der Waals surface area contributed by atoms with Crippen LogP contribution in [0.15, 0.2) is 22.7 Å². The van der Waals surface area contributed by atoms with Crippen LogP contribution in [0.2, 0.25) is 0 Å². The summed E-state index contributed by atoms with van der Waals surface area (Å²) in [6.07, 6.45) is -2.16. The van der Waals surface area contributed by atoms with E-state index < -0.39 is 23.4 Å². The standard InChI is InChI=1S/C24H30F3N5O4/c1-3-35-23(34)31-11-9-30(10-12-31)19-7-6-17(14-28-19)13-18(33)20-21(24(25,26)27)29-22(36-20)32-8-4-5-16(2)15-32/h6-7,14,16H,3-5,8-13,15H2,1-2H3. The Morgan fingerprint density at radius 2 is 1.89 bits per heavy atom. The molecule has 0 saturated carbocycles. The largest absolute Gasteiger partial charge is 0.450 e. The second-order valence-electron chi connectivity index (χ2n) is 9.16. The fourth-order valence-corrected chi connectivity index (χ4v) is 4.50. The topological polar surface area (TPSA) is 92.0 Å². The van der Waals surface area contributed by atoms with E-state index in [0.717, 1.165) is 12.8 Å². The zero-order valence-corrected chi connectivity index (χ0v) is 20.4. The van der Waals surface area contributed by atoms with Gasteiger partial charge in [-0.15, -0.1) is 0 Å². The average molecular weight is 510 g/mol. The third-order valence-electron chi connectivity index (χ3n) is 6.37. The van der Waals surface area contributed by atoms with Gasteiger partial charge in [-0.1, -0.05) is 13.0 Å². The number of aromatic nitrogens is 2. The lowest BCUT2D eigenvalue weighted by molar-refractivity contribution is -0.141.